The molecule has 158 valence electrons. The van der Waals surface area contributed by atoms with Gasteiger partial charge in [0.25, 0.3) is 5.91 Å². The number of rotatable bonds is 8. The van der Waals surface area contributed by atoms with Crippen molar-refractivity contribution in [1.82, 2.24) is 15.5 Å². The Morgan fingerprint density at radius 3 is 2.53 bits per heavy atom. The Bertz CT molecular complexity index is 987. The molecule has 0 spiro atoms. The van der Waals surface area contributed by atoms with E-state index in [1.807, 2.05) is 6.92 Å². The van der Waals surface area contributed by atoms with Crippen molar-refractivity contribution in [2.75, 3.05) is 19.8 Å². The fraction of sp³-hybridized carbons (Fsp3) is 0.250. The van der Waals surface area contributed by atoms with Crippen LogP contribution in [0.2, 0.25) is 0 Å². The summed E-state index contributed by atoms with van der Waals surface area (Å²) in [5, 5.41) is 6.05. The van der Waals surface area contributed by atoms with E-state index >= 15 is 0 Å². The van der Waals surface area contributed by atoms with Crippen molar-refractivity contribution in [1.29, 1.82) is 0 Å². The van der Waals surface area contributed by atoms with E-state index < -0.39 is 12.1 Å². The molecular weight excluding hydrogens is 403 g/mol. The maximum Gasteiger partial charge on any atom is 0.471 e. The summed E-state index contributed by atoms with van der Waals surface area (Å²) in [5.74, 6) is -0.736. The summed E-state index contributed by atoms with van der Waals surface area (Å²) in [6.45, 7) is 2.84. The molecule has 1 aromatic heterocycles. The van der Waals surface area contributed by atoms with Crippen LogP contribution in [0.4, 0.5) is 13.2 Å². The van der Waals surface area contributed by atoms with Gasteiger partial charge in [0, 0.05) is 11.1 Å². The highest BCUT2D eigenvalue weighted by atomic mass is 19.4. The number of ether oxygens (including phenoxy) is 2. The Morgan fingerprint density at radius 1 is 1.10 bits per heavy atom. The molecule has 0 aliphatic carbocycles. The number of nitrogens with one attached hydrogen (secondary N) is 1. The maximum absolute atomic E-state index is 12.5. The van der Waals surface area contributed by atoms with Gasteiger partial charge in [-0.25, -0.2) is 0 Å². The third-order valence-corrected chi connectivity index (χ3v) is 3.84. The van der Waals surface area contributed by atoms with Crippen LogP contribution in [-0.2, 0) is 6.18 Å². The molecule has 1 amide bonds. The van der Waals surface area contributed by atoms with Crippen LogP contribution in [0.25, 0.3) is 11.4 Å². The average Bonchev–Trinajstić information content (AvgIpc) is 3.23. The van der Waals surface area contributed by atoms with E-state index in [9.17, 15) is 18.0 Å². The number of amides is 1. The quantitative estimate of drug-likeness (QED) is 0.554. The number of nitrogens with zero attached hydrogens (tertiary/aromatic N) is 2. The first kappa shape index (κ1) is 21.2. The number of halogens is 3. The lowest BCUT2D eigenvalue weighted by Crippen LogP contribution is -2.28. The van der Waals surface area contributed by atoms with Gasteiger partial charge in [0.1, 0.15) is 18.1 Å². The average molecular weight is 421 g/mol. The number of benzene rings is 2. The Balaban J connectivity index is 1.48. The summed E-state index contributed by atoms with van der Waals surface area (Å²) < 4.78 is 52.7. The van der Waals surface area contributed by atoms with E-state index in [-0.39, 0.29) is 24.9 Å². The highest BCUT2D eigenvalue weighted by molar-refractivity contribution is 5.94. The molecule has 2 aromatic carbocycles. The van der Waals surface area contributed by atoms with Gasteiger partial charge in [-0.3, -0.25) is 4.79 Å². The van der Waals surface area contributed by atoms with E-state index in [0.29, 0.717) is 29.2 Å². The van der Waals surface area contributed by atoms with Gasteiger partial charge in [-0.1, -0.05) is 11.2 Å². The van der Waals surface area contributed by atoms with E-state index in [4.69, 9.17) is 9.47 Å². The Labute approximate surface area is 169 Å². The monoisotopic (exact) mass is 421 g/mol. The van der Waals surface area contributed by atoms with Crippen LogP contribution in [0, 0.1) is 0 Å². The first-order valence-electron chi connectivity index (χ1n) is 9.02. The van der Waals surface area contributed by atoms with Gasteiger partial charge in [0.2, 0.25) is 5.82 Å². The van der Waals surface area contributed by atoms with Gasteiger partial charge in [0.15, 0.2) is 0 Å². The van der Waals surface area contributed by atoms with E-state index in [1.165, 1.54) is 12.1 Å². The number of aromatic nitrogens is 2. The Morgan fingerprint density at radius 2 is 1.87 bits per heavy atom. The van der Waals surface area contributed by atoms with Crippen molar-refractivity contribution in [2.24, 2.45) is 0 Å². The molecule has 30 heavy (non-hydrogen) atoms. The summed E-state index contributed by atoms with van der Waals surface area (Å²) in [7, 11) is 0. The van der Waals surface area contributed by atoms with Gasteiger partial charge in [-0.05, 0) is 49.4 Å². The second-order valence-corrected chi connectivity index (χ2v) is 6.01. The molecule has 10 heteroatoms. The van der Waals surface area contributed by atoms with Gasteiger partial charge in [-0.2, -0.15) is 18.2 Å². The second kappa shape index (κ2) is 9.29. The van der Waals surface area contributed by atoms with Crippen LogP contribution >= 0.6 is 0 Å². The van der Waals surface area contributed by atoms with Crippen LogP contribution in [0.1, 0.15) is 23.2 Å². The first-order valence-corrected chi connectivity index (χ1v) is 9.02. The number of alkyl halides is 3. The molecule has 0 aliphatic heterocycles. The molecule has 0 saturated carbocycles. The fourth-order valence-corrected chi connectivity index (χ4v) is 2.49. The number of hydrogen-bond donors (Lipinski definition) is 1. The lowest BCUT2D eigenvalue weighted by Gasteiger charge is -2.09. The third-order valence-electron chi connectivity index (χ3n) is 3.84. The predicted octanol–water partition coefficient (Wildman–Crippen LogP) is 3.96. The van der Waals surface area contributed by atoms with Crippen LogP contribution in [0.5, 0.6) is 11.5 Å². The minimum atomic E-state index is -4.69. The number of hydrogen-bond acceptors (Lipinski definition) is 6. The predicted molar refractivity (Wildman–Crippen MR) is 100 cm³/mol. The molecule has 0 radical (unpaired) electrons. The van der Waals surface area contributed by atoms with E-state index in [0.717, 1.165) is 0 Å². The van der Waals surface area contributed by atoms with Crippen LogP contribution < -0.4 is 14.8 Å². The zero-order chi connectivity index (χ0) is 21.6. The molecule has 0 saturated heterocycles. The largest absolute Gasteiger partial charge is 0.494 e. The molecule has 0 atom stereocenters. The molecule has 0 fully saturated rings. The zero-order valence-corrected chi connectivity index (χ0v) is 15.9. The molecule has 0 unspecified atom stereocenters. The smallest absolute Gasteiger partial charge is 0.471 e. The summed E-state index contributed by atoms with van der Waals surface area (Å²) >= 11 is 0. The standard InChI is InChI=1S/C20H18F3N3O4/c1-2-28-16-5-3-4-14(12-16)18(27)24-10-11-29-15-8-6-13(7-9-15)17-25-19(30-26-17)20(21,22)23/h3-9,12H,2,10-11H2,1H3,(H,24,27). The third kappa shape index (κ3) is 5.49. The van der Waals surface area contributed by atoms with Gasteiger partial charge >= 0.3 is 12.1 Å². The summed E-state index contributed by atoms with van der Waals surface area (Å²) in [6, 6.07) is 13.0. The van der Waals surface area contributed by atoms with Crippen LogP contribution in [0.3, 0.4) is 0 Å². The Hall–Kier alpha value is -3.56. The van der Waals surface area contributed by atoms with Crippen molar-refractivity contribution in [2.45, 2.75) is 13.1 Å². The maximum atomic E-state index is 12.5. The highest BCUT2D eigenvalue weighted by Crippen LogP contribution is 2.29. The van der Waals surface area contributed by atoms with Crippen LogP contribution in [0.15, 0.2) is 53.1 Å². The summed E-state index contributed by atoms with van der Waals surface area (Å²) in [4.78, 5) is 15.5. The summed E-state index contributed by atoms with van der Waals surface area (Å²) in [6.07, 6.45) is -4.69. The van der Waals surface area contributed by atoms with E-state index in [2.05, 4.69) is 20.0 Å². The van der Waals surface area contributed by atoms with Gasteiger partial charge in [-0.15, -0.1) is 0 Å². The topological polar surface area (TPSA) is 86.5 Å². The zero-order valence-electron chi connectivity index (χ0n) is 15.9. The molecule has 3 rings (SSSR count). The minimum Gasteiger partial charge on any atom is -0.494 e. The first-order chi connectivity index (χ1) is 14.4. The molecule has 7 nitrogen and oxygen atoms in total. The van der Waals surface area contributed by atoms with Gasteiger partial charge in [0.05, 0.1) is 13.2 Å². The lowest BCUT2D eigenvalue weighted by atomic mass is 10.2. The number of carbonyl (C=O) groups is 1. The van der Waals surface area contributed by atoms with E-state index in [1.54, 1.807) is 36.4 Å². The molecule has 0 aliphatic rings. The van der Waals surface area contributed by atoms with Crippen molar-refractivity contribution < 1.29 is 32.0 Å². The SMILES string of the molecule is CCOc1cccc(C(=O)NCCOc2ccc(-c3noc(C(F)(F)F)n3)cc2)c1. The normalized spacial score (nSPS) is 11.2. The van der Waals surface area contributed by atoms with Crippen molar-refractivity contribution in [3.63, 3.8) is 0 Å². The van der Waals surface area contributed by atoms with Crippen molar-refractivity contribution in [3.8, 4) is 22.9 Å². The molecular formula is C20H18F3N3O4. The minimum absolute atomic E-state index is 0.171. The van der Waals surface area contributed by atoms with Crippen molar-refractivity contribution in [3.05, 3.63) is 60.0 Å². The molecule has 3 aromatic rings. The summed E-state index contributed by atoms with van der Waals surface area (Å²) in [5.41, 5.74) is 0.827. The van der Waals surface area contributed by atoms with Gasteiger partial charge < -0.3 is 19.3 Å². The Kier molecular flexibility index (Phi) is 6.55. The molecule has 1 N–H and O–H groups in total. The van der Waals surface area contributed by atoms with Crippen LogP contribution in [-0.4, -0.2) is 35.8 Å². The molecule has 0 bridgehead atoms. The number of carbonyl (C=O) groups excluding carboxylic acids is 1. The lowest BCUT2D eigenvalue weighted by molar-refractivity contribution is -0.159. The van der Waals surface area contributed by atoms with Crippen molar-refractivity contribution >= 4 is 5.91 Å². The highest BCUT2D eigenvalue weighted by Gasteiger charge is 2.38. The molecule has 1 heterocycles. The fourth-order valence-electron chi connectivity index (χ4n) is 2.49. The second-order valence-electron chi connectivity index (χ2n) is 6.01.